The van der Waals surface area contributed by atoms with Gasteiger partial charge in [-0.15, -0.1) is 0 Å². The van der Waals surface area contributed by atoms with Gasteiger partial charge >= 0.3 is 5.69 Å². The number of piperidine rings is 1. The third kappa shape index (κ3) is 3.38. The molecule has 1 aromatic carbocycles. The van der Waals surface area contributed by atoms with Gasteiger partial charge in [-0.2, -0.15) is 6.42 Å². The smallest absolute Gasteiger partial charge is 0.328 e. The molecule has 1 aromatic heterocycles. The molecule has 6 nitrogen and oxygen atoms in total. The number of rotatable bonds is 4. The number of nitrogens with zero attached hydrogens (tertiary/aromatic N) is 2. The van der Waals surface area contributed by atoms with E-state index in [1.165, 1.54) is 0 Å². The molecule has 24 heavy (non-hydrogen) atoms. The Balaban J connectivity index is 0.00000208. The minimum atomic E-state index is -0.354. The van der Waals surface area contributed by atoms with Crippen molar-refractivity contribution < 1.29 is 40.7 Å². The van der Waals surface area contributed by atoms with E-state index in [9.17, 15) is 14.4 Å². The molecule has 1 fully saturated rings. The van der Waals surface area contributed by atoms with Gasteiger partial charge in [-0.3, -0.25) is 24.0 Å². The first-order chi connectivity index (χ1) is 11.0. The van der Waals surface area contributed by atoms with Gasteiger partial charge in [-0.1, -0.05) is 18.6 Å². The topological polar surface area (TPSA) is 73.1 Å². The zero-order valence-electron chi connectivity index (χ0n) is 13.7. The molecule has 7 heteroatoms. The van der Waals surface area contributed by atoms with Crippen LogP contribution in [0, 0.1) is 44.0 Å². The van der Waals surface area contributed by atoms with Crippen molar-refractivity contribution in [1.82, 2.24) is 14.5 Å². The molecule has 1 saturated heterocycles. The van der Waals surface area contributed by atoms with Crippen LogP contribution in [0.4, 0.5) is 0 Å². The van der Waals surface area contributed by atoms with Crippen LogP contribution in [0.25, 0.3) is 11.0 Å². The first-order valence-corrected chi connectivity index (χ1v) is 7.83. The maximum atomic E-state index is 12.6. The Kier molecular flexibility index (Phi) is 6.11. The number of aromatic nitrogens is 2. The fraction of sp³-hybridized carbons (Fsp3) is 0.412. The third-order valence-corrected chi connectivity index (χ3v) is 4.44. The van der Waals surface area contributed by atoms with E-state index < -0.39 is 0 Å². The SMILES string of the molecule is [CH2-]CCc1cccc2c1n(C)c(=O)n2CC1CCC(=O)NC1=O.[U]. The van der Waals surface area contributed by atoms with Crippen molar-refractivity contribution in [3.63, 3.8) is 0 Å². The van der Waals surface area contributed by atoms with Gasteiger partial charge in [0, 0.05) is 51.1 Å². The van der Waals surface area contributed by atoms with Crippen LogP contribution < -0.4 is 11.0 Å². The second-order valence-corrected chi connectivity index (χ2v) is 5.99. The van der Waals surface area contributed by atoms with E-state index >= 15 is 0 Å². The third-order valence-electron chi connectivity index (χ3n) is 4.44. The van der Waals surface area contributed by atoms with Crippen LogP contribution in [0.5, 0.6) is 0 Å². The number of carbonyl (C=O) groups is 2. The average Bonchev–Trinajstić information content (AvgIpc) is 2.76. The van der Waals surface area contributed by atoms with E-state index in [4.69, 9.17) is 0 Å². The quantitative estimate of drug-likeness (QED) is 0.458. The molecule has 1 atom stereocenters. The molecule has 2 heterocycles. The van der Waals surface area contributed by atoms with Crippen LogP contribution in [-0.2, 0) is 29.6 Å². The van der Waals surface area contributed by atoms with E-state index in [1.807, 2.05) is 18.2 Å². The zero-order chi connectivity index (χ0) is 16.6. The molecule has 0 radical (unpaired) electrons. The van der Waals surface area contributed by atoms with Crippen molar-refractivity contribution in [2.24, 2.45) is 13.0 Å². The van der Waals surface area contributed by atoms with E-state index in [-0.39, 0.29) is 54.5 Å². The monoisotopic (exact) mass is 552 g/mol. The molecule has 1 aliphatic rings. The molecule has 0 saturated carbocycles. The molecule has 1 aliphatic heterocycles. The fourth-order valence-electron chi connectivity index (χ4n) is 3.26. The van der Waals surface area contributed by atoms with Crippen molar-refractivity contribution >= 4 is 22.8 Å². The second kappa shape index (κ2) is 7.71. The maximum Gasteiger partial charge on any atom is 0.328 e. The number of carbonyl (C=O) groups excluding carboxylic acids is 2. The van der Waals surface area contributed by atoms with Crippen LogP contribution in [0.15, 0.2) is 23.0 Å². The minimum Gasteiger partial charge on any atom is -0.343 e. The van der Waals surface area contributed by atoms with Crippen molar-refractivity contribution in [2.75, 3.05) is 0 Å². The largest absolute Gasteiger partial charge is 0.343 e. The van der Waals surface area contributed by atoms with E-state index in [0.29, 0.717) is 19.4 Å². The Bertz CT molecular complexity index is 837. The molecular formula is C17H20N3O3U-. The number of imide groups is 1. The standard InChI is InChI=1S/C17H20N3O3.U/c1-3-5-11-6-4-7-13-15(11)19(2)17(23)20(13)10-12-8-9-14(21)18-16(12)22;/h4,6-7,12H,1,3,5,8-10H2,2H3,(H,18,21,22);/q-1;. The Morgan fingerprint density at radius 2 is 2.04 bits per heavy atom. The van der Waals surface area contributed by atoms with Crippen LogP contribution in [0.3, 0.4) is 0 Å². The Morgan fingerprint density at radius 3 is 2.71 bits per heavy atom. The number of fused-ring (bicyclic) bond motifs is 1. The van der Waals surface area contributed by atoms with Crippen LogP contribution >= 0.6 is 0 Å². The van der Waals surface area contributed by atoms with Gasteiger partial charge in [-0.05, 0) is 18.1 Å². The molecule has 1 N–H and O–H groups in total. The van der Waals surface area contributed by atoms with Crippen molar-refractivity contribution in [2.45, 2.75) is 32.2 Å². The van der Waals surface area contributed by atoms with Gasteiger partial charge in [0.2, 0.25) is 11.8 Å². The van der Waals surface area contributed by atoms with Gasteiger partial charge in [0.15, 0.2) is 0 Å². The van der Waals surface area contributed by atoms with Crippen LogP contribution in [-0.4, -0.2) is 20.9 Å². The summed E-state index contributed by atoms with van der Waals surface area (Å²) < 4.78 is 3.27. The Morgan fingerprint density at radius 1 is 1.29 bits per heavy atom. The number of para-hydroxylation sites is 1. The maximum absolute atomic E-state index is 12.6. The zero-order valence-corrected chi connectivity index (χ0v) is 17.8. The minimum absolute atomic E-state index is 0. The number of hydrogen-bond donors (Lipinski definition) is 1. The summed E-state index contributed by atoms with van der Waals surface area (Å²) in [5, 5.41) is 2.35. The first-order valence-electron chi connectivity index (χ1n) is 7.83. The van der Waals surface area contributed by atoms with Crippen LogP contribution in [0.2, 0.25) is 0 Å². The van der Waals surface area contributed by atoms with Crippen molar-refractivity contribution in [3.8, 4) is 0 Å². The average molecular weight is 552 g/mol. The summed E-state index contributed by atoms with van der Waals surface area (Å²) in [7, 11) is 1.75. The summed E-state index contributed by atoms with van der Waals surface area (Å²) in [6.45, 7) is 4.17. The van der Waals surface area contributed by atoms with Gasteiger partial charge in [0.1, 0.15) is 0 Å². The van der Waals surface area contributed by atoms with E-state index in [2.05, 4.69) is 12.2 Å². The molecule has 0 bridgehead atoms. The molecule has 2 aromatic rings. The molecular weight excluding hydrogens is 532 g/mol. The van der Waals surface area contributed by atoms with E-state index in [1.54, 1.807) is 16.2 Å². The van der Waals surface area contributed by atoms with Gasteiger partial charge in [0.05, 0.1) is 17.0 Å². The number of imidazole rings is 1. The second-order valence-electron chi connectivity index (χ2n) is 5.99. The number of benzene rings is 1. The van der Waals surface area contributed by atoms with Crippen molar-refractivity contribution in [3.05, 3.63) is 41.2 Å². The molecule has 2 amide bonds. The van der Waals surface area contributed by atoms with E-state index in [0.717, 1.165) is 29.4 Å². The Hall–Kier alpha value is -1.32. The summed E-state index contributed by atoms with van der Waals surface area (Å²) in [5.74, 6) is -0.888. The summed E-state index contributed by atoms with van der Waals surface area (Å²) in [6, 6.07) is 5.83. The summed E-state index contributed by atoms with van der Waals surface area (Å²) >= 11 is 0. The number of hydrogen-bond acceptors (Lipinski definition) is 3. The summed E-state index contributed by atoms with van der Waals surface area (Å²) in [6.07, 6.45) is 2.35. The first kappa shape index (κ1) is 19.0. The number of nitrogens with one attached hydrogen (secondary N) is 1. The predicted molar refractivity (Wildman–Crippen MR) is 86.7 cm³/mol. The number of amides is 2. The molecule has 1 unspecified atom stereocenters. The van der Waals surface area contributed by atoms with Gasteiger partial charge in [-0.25, -0.2) is 4.79 Å². The number of aryl methyl sites for hydroxylation is 2. The fourth-order valence-corrected chi connectivity index (χ4v) is 3.26. The van der Waals surface area contributed by atoms with Crippen LogP contribution in [0.1, 0.15) is 24.8 Å². The molecule has 126 valence electrons. The molecule has 3 rings (SSSR count). The normalized spacial score (nSPS) is 17.7. The van der Waals surface area contributed by atoms with Gasteiger partial charge in [0.25, 0.3) is 0 Å². The van der Waals surface area contributed by atoms with Gasteiger partial charge < -0.3 is 6.92 Å². The predicted octanol–water partition coefficient (Wildman–Crippen LogP) is 1.16. The summed E-state index contributed by atoms with van der Waals surface area (Å²) in [5.41, 5.74) is 2.67. The summed E-state index contributed by atoms with van der Waals surface area (Å²) in [4.78, 5) is 35.8. The molecule has 0 aliphatic carbocycles. The van der Waals surface area contributed by atoms with Crippen molar-refractivity contribution in [1.29, 1.82) is 0 Å². The molecule has 0 spiro atoms. The Labute approximate surface area is 164 Å².